The van der Waals surface area contributed by atoms with E-state index in [4.69, 9.17) is 9.15 Å². The number of hydrogen-bond acceptors (Lipinski definition) is 3. The van der Waals surface area contributed by atoms with Gasteiger partial charge in [0, 0.05) is 25.6 Å². The van der Waals surface area contributed by atoms with Crippen LogP contribution in [0.25, 0.3) is 0 Å². The number of ether oxygens (including phenoxy) is 1. The minimum Gasteiger partial charge on any atom is -0.459 e. The first-order chi connectivity index (χ1) is 8.31. The van der Waals surface area contributed by atoms with Gasteiger partial charge in [-0.3, -0.25) is 4.79 Å². The summed E-state index contributed by atoms with van der Waals surface area (Å²) < 4.78 is 10.5. The topological polar surface area (TPSA) is 42.7 Å². The van der Waals surface area contributed by atoms with Crippen molar-refractivity contribution < 1.29 is 13.9 Å². The maximum Gasteiger partial charge on any atom is 0.289 e. The second-order valence-electron chi connectivity index (χ2n) is 4.46. The van der Waals surface area contributed by atoms with Crippen molar-refractivity contribution in [2.75, 3.05) is 26.3 Å². The summed E-state index contributed by atoms with van der Waals surface area (Å²) in [7, 11) is 0. The van der Waals surface area contributed by atoms with Crippen molar-refractivity contribution >= 4 is 5.91 Å². The number of hydrogen-bond donors (Lipinski definition) is 0. The van der Waals surface area contributed by atoms with Crippen molar-refractivity contribution in [1.82, 2.24) is 4.90 Å². The lowest BCUT2D eigenvalue weighted by atomic mass is 10.1. The van der Waals surface area contributed by atoms with Crippen molar-refractivity contribution in [3.63, 3.8) is 0 Å². The van der Waals surface area contributed by atoms with Gasteiger partial charge in [0.1, 0.15) is 0 Å². The third-order valence-electron chi connectivity index (χ3n) is 3.02. The first-order valence-corrected chi connectivity index (χ1v) is 6.21. The van der Waals surface area contributed by atoms with Gasteiger partial charge in [-0.05, 0) is 25.0 Å². The Hall–Kier alpha value is -1.29. The fourth-order valence-corrected chi connectivity index (χ4v) is 2.14. The summed E-state index contributed by atoms with van der Waals surface area (Å²) in [6, 6.07) is 3.46. The minimum atomic E-state index is -0.0104. The molecule has 1 aliphatic heterocycles. The highest BCUT2D eigenvalue weighted by atomic mass is 16.5. The maximum absolute atomic E-state index is 12.2. The SMILES string of the molecule is CCCN(CC1CCOC1)C(=O)c1ccco1. The molecular weight excluding hydrogens is 218 g/mol. The number of carbonyl (C=O) groups is 1. The van der Waals surface area contributed by atoms with E-state index in [1.807, 2.05) is 4.90 Å². The lowest BCUT2D eigenvalue weighted by molar-refractivity contribution is 0.0689. The Bertz CT molecular complexity index is 342. The number of nitrogens with zero attached hydrogens (tertiary/aromatic N) is 1. The quantitative estimate of drug-likeness (QED) is 0.788. The van der Waals surface area contributed by atoms with Crippen LogP contribution in [-0.4, -0.2) is 37.1 Å². The maximum atomic E-state index is 12.2. The molecule has 2 rings (SSSR count). The molecule has 1 fully saturated rings. The van der Waals surface area contributed by atoms with Crippen LogP contribution in [0.1, 0.15) is 30.3 Å². The van der Waals surface area contributed by atoms with Gasteiger partial charge in [0.2, 0.25) is 0 Å². The molecule has 0 aromatic carbocycles. The molecule has 0 aliphatic carbocycles. The van der Waals surface area contributed by atoms with Gasteiger partial charge in [-0.15, -0.1) is 0 Å². The zero-order valence-corrected chi connectivity index (χ0v) is 10.2. The number of rotatable bonds is 5. The van der Waals surface area contributed by atoms with E-state index in [0.717, 1.165) is 39.1 Å². The van der Waals surface area contributed by atoms with Gasteiger partial charge >= 0.3 is 0 Å². The molecule has 17 heavy (non-hydrogen) atoms. The Labute approximate surface area is 102 Å². The van der Waals surface area contributed by atoms with E-state index in [1.54, 1.807) is 12.1 Å². The molecule has 1 aromatic heterocycles. The summed E-state index contributed by atoms with van der Waals surface area (Å²) in [4.78, 5) is 14.0. The van der Waals surface area contributed by atoms with Crippen LogP contribution in [0, 0.1) is 5.92 Å². The molecule has 2 heterocycles. The average Bonchev–Trinajstić information content (AvgIpc) is 3.00. The van der Waals surface area contributed by atoms with Gasteiger partial charge in [0.05, 0.1) is 12.9 Å². The van der Waals surface area contributed by atoms with Gasteiger partial charge in [0.25, 0.3) is 5.91 Å². The summed E-state index contributed by atoms with van der Waals surface area (Å²) in [5.74, 6) is 0.890. The Morgan fingerprint density at radius 2 is 2.47 bits per heavy atom. The van der Waals surface area contributed by atoms with Crippen LogP contribution in [0.2, 0.25) is 0 Å². The first-order valence-electron chi connectivity index (χ1n) is 6.21. The zero-order chi connectivity index (χ0) is 12.1. The lowest BCUT2D eigenvalue weighted by Gasteiger charge is -2.23. The molecule has 0 spiro atoms. The largest absolute Gasteiger partial charge is 0.459 e. The normalized spacial score (nSPS) is 19.5. The molecule has 1 saturated heterocycles. The van der Waals surface area contributed by atoms with E-state index in [-0.39, 0.29) is 5.91 Å². The fourth-order valence-electron chi connectivity index (χ4n) is 2.14. The minimum absolute atomic E-state index is 0.0104. The molecule has 0 radical (unpaired) electrons. The molecular formula is C13H19NO3. The summed E-state index contributed by atoms with van der Waals surface area (Å²) in [5, 5.41) is 0. The smallest absolute Gasteiger partial charge is 0.289 e. The van der Waals surface area contributed by atoms with E-state index < -0.39 is 0 Å². The molecule has 4 nitrogen and oxygen atoms in total. The second-order valence-corrected chi connectivity index (χ2v) is 4.46. The summed E-state index contributed by atoms with van der Waals surface area (Å²) in [6.07, 6.45) is 3.54. The lowest BCUT2D eigenvalue weighted by Crippen LogP contribution is -2.36. The molecule has 1 aliphatic rings. The molecule has 0 bridgehead atoms. The average molecular weight is 237 g/mol. The van der Waals surface area contributed by atoms with Crippen molar-refractivity contribution in [3.8, 4) is 0 Å². The number of furan rings is 1. The highest BCUT2D eigenvalue weighted by Crippen LogP contribution is 2.16. The predicted molar refractivity (Wildman–Crippen MR) is 63.8 cm³/mol. The van der Waals surface area contributed by atoms with E-state index in [2.05, 4.69) is 6.92 Å². The Morgan fingerprint density at radius 1 is 1.59 bits per heavy atom. The molecule has 1 unspecified atom stereocenters. The molecule has 1 aromatic rings. The summed E-state index contributed by atoms with van der Waals surface area (Å²) in [6.45, 7) is 5.21. The number of carbonyl (C=O) groups excluding carboxylic acids is 1. The molecule has 0 saturated carbocycles. The van der Waals surface area contributed by atoms with Crippen LogP contribution in [0.15, 0.2) is 22.8 Å². The fraction of sp³-hybridized carbons (Fsp3) is 0.615. The van der Waals surface area contributed by atoms with E-state index in [9.17, 15) is 4.79 Å². The number of amides is 1. The molecule has 0 N–H and O–H groups in total. The summed E-state index contributed by atoms with van der Waals surface area (Å²) >= 11 is 0. The monoisotopic (exact) mass is 237 g/mol. The van der Waals surface area contributed by atoms with Gasteiger partial charge in [-0.25, -0.2) is 0 Å². The van der Waals surface area contributed by atoms with Gasteiger partial charge < -0.3 is 14.1 Å². The molecule has 4 heteroatoms. The second kappa shape index (κ2) is 5.87. The van der Waals surface area contributed by atoms with Crippen molar-refractivity contribution in [2.24, 2.45) is 5.92 Å². The van der Waals surface area contributed by atoms with Crippen LogP contribution in [0.5, 0.6) is 0 Å². The van der Waals surface area contributed by atoms with Crippen LogP contribution >= 0.6 is 0 Å². The molecule has 1 atom stereocenters. The van der Waals surface area contributed by atoms with Crippen LogP contribution in [0.3, 0.4) is 0 Å². The van der Waals surface area contributed by atoms with Crippen LogP contribution in [-0.2, 0) is 4.74 Å². The highest BCUT2D eigenvalue weighted by Gasteiger charge is 2.23. The van der Waals surface area contributed by atoms with E-state index in [1.165, 1.54) is 6.26 Å². The Kier molecular flexibility index (Phi) is 4.20. The Balaban J connectivity index is 1.98. The van der Waals surface area contributed by atoms with Crippen molar-refractivity contribution in [1.29, 1.82) is 0 Å². The molecule has 1 amide bonds. The third kappa shape index (κ3) is 3.09. The van der Waals surface area contributed by atoms with Crippen molar-refractivity contribution in [2.45, 2.75) is 19.8 Å². The molecule has 94 valence electrons. The first kappa shape index (κ1) is 12.2. The zero-order valence-electron chi connectivity index (χ0n) is 10.2. The van der Waals surface area contributed by atoms with Gasteiger partial charge in [0.15, 0.2) is 5.76 Å². The van der Waals surface area contributed by atoms with Crippen LogP contribution in [0.4, 0.5) is 0 Å². The van der Waals surface area contributed by atoms with E-state index >= 15 is 0 Å². The standard InChI is InChI=1S/C13H19NO3/c1-2-6-14(9-11-5-8-16-10-11)13(15)12-4-3-7-17-12/h3-4,7,11H,2,5-6,8-10H2,1H3. The van der Waals surface area contributed by atoms with Crippen LogP contribution < -0.4 is 0 Å². The van der Waals surface area contributed by atoms with Gasteiger partial charge in [-0.1, -0.05) is 6.92 Å². The summed E-state index contributed by atoms with van der Waals surface area (Å²) in [5.41, 5.74) is 0. The third-order valence-corrected chi connectivity index (χ3v) is 3.02. The van der Waals surface area contributed by atoms with Gasteiger partial charge in [-0.2, -0.15) is 0 Å². The van der Waals surface area contributed by atoms with E-state index in [0.29, 0.717) is 11.7 Å². The highest BCUT2D eigenvalue weighted by molar-refractivity contribution is 5.91. The Morgan fingerprint density at radius 3 is 3.06 bits per heavy atom. The van der Waals surface area contributed by atoms with Crippen molar-refractivity contribution in [3.05, 3.63) is 24.2 Å². The predicted octanol–water partition coefficient (Wildman–Crippen LogP) is 2.17.